The topological polar surface area (TPSA) is 144 Å². The summed E-state index contributed by atoms with van der Waals surface area (Å²) in [6, 6.07) is 5.12. The number of carbonyl (C=O) groups excluding carboxylic acids is 1. The number of fused-ring (bicyclic) bond motifs is 1. The Kier molecular flexibility index (Phi) is 9.71. The van der Waals surface area contributed by atoms with Crippen molar-refractivity contribution in [2.45, 2.75) is 76.7 Å². The summed E-state index contributed by atoms with van der Waals surface area (Å²) < 4.78 is 88.7. The molecule has 0 atom stereocenters. The Hall–Kier alpha value is -3.95. The molecule has 1 aromatic carbocycles. The largest absolute Gasteiger partial charge is 0.494 e. The predicted octanol–water partition coefficient (Wildman–Crippen LogP) is 5.78. The molecule has 240 valence electrons. The van der Waals surface area contributed by atoms with Crippen LogP contribution in [0.3, 0.4) is 0 Å². The van der Waals surface area contributed by atoms with Gasteiger partial charge in [-0.25, -0.2) is 32.6 Å². The molecular formula is C28H34F4N6O5S. The average Bonchev–Trinajstić information content (AvgIpc) is 2.92. The summed E-state index contributed by atoms with van der Waals surface area (Å²) in [6.07, 6.45) is -2.12. The zero-order chi connectivity index (χ0) is 32.3. The Morgan fingerprint density at radius 2 is 1.73 bits per heavy atom. The lowest BCUT2D eigenvalue weighted by molar-refractivity contribution is -0.129. The van der Waals surface area contributed by atoms with Crippen LogP contribution in [0.5, 0.6) is 5.75 Å². The molecule has 1 saturated carbocycles. The zero-order valence-electron chi connectivity index (χ0n) is 24.6. The van der Waals surface area contributed by atoms with Crippen LogP contribution in [-0.4, -0.2) is 66.2 Å². The number of aromatic nitrogens is 3. The maximum Gasteiger partial charge on any atom is 0.407 e. The molecule has 1 aliphatic carbocycles. The maximum absolute atomic E-state index is 14.8. The fourth-order valence-corrected chi connectivity index (χ4v) is 5.73. The second kappa shape index (κ2) is 13.0. The number of benzene rings is 1. The fraction of sp³-hybridized carbons (Fsp3) is 0.500. The number of alkyl carbamates (subject to hydrolysis) is 1. The molecule has 2 aromatic heterocycles. The van der Waals surface area contributed by atoms with Crippen LogP contribution in [0.4, 0.5) is 34.0 Å². The number of hydrogen-bond acceptors (Lipinski definition) is 9. The number of amides is 1. The molecule has 3 N–H and O–H groups in total. The molecule has 2 heterocycles. The van der Waals surface area contributed by atoms with E-state index in [-0.39, 0.29) is 23.3 Å². The molecule has 0 unspecified atom stereocenters. The van der Waals surface area contributed by atoms with Gasteiger partial charge >= 0.3 is 12.3 Å². The number of rotatable bonds is 9. The molecule has 11 nitrogen and oxygen atoms in total. The van der Waals surface area contributed by atoms with Crippen LogP contribution in [0.1, 0.15) is 52.9 Å². The number of alkyl halides is 3. The number of sulfonamides is 1. The Balaban J connectivity index is 1.43. The van der Waals surface area contributed by atoms with Crippen molar-refractivity contribution >= 4 is 38.8 Å². The van der Waals surface area contributed by atoms with Gasteiger partial charge in [0.1, 0.15) is 28.2 Å². The molecule has 0 aliphatic heterocycles. The van der Waals surface area contributed by atoms with Gasteiger partial charge in [0, 0.05) is 23.7 Å². The Bertz CT molecular complexity index is 1610. The van der Waals surface area contributed by atoms with E-state index in [1.54, 1.807) is 0 Å². The van der Waals surface area contributed by atoms with Crippen LogP contribution in [0.25, 0.3) is 22.3 Å². The second-order valence-electron chi connectivity index (χ2n) is 11.5. The number of pyridine rings is 1. The highest BCUT2D eigenvalue weighted by Gasteiger charge is 2.30. The van der Waals surface area contributed by atoms with Crippen LogP contribution in [0.2, 0.25) is 0 Å². The van der Waals surface area contributed by atoms with Crippen molar-refractivity contribution in [3.05, 3.63) is 36.3 Å². The minimum atomic E-state index is -4.67. The minimum absolute atomic E-state index is 0.0107. The van der Waals surface area contributed by atoms with Gasteiger partial charge in [-0.2, -0.15) is 13.2 Å². The molecular weight excluding hydrogens is 608 g/mol. The summed E-state index contributed by atoms with van der Waals surface area (Å²) in [6.45, 7) is 5.43. The summed E-state index contributed by atoms with van der Waals surface area (Å²) in [5.74, 6) is -1.53. The number of anilines is 2. The molecule has 3 aromatic rings. The third kappa shape index (κ3) is 9.27. The van der Waals surface area contributed by atoms with Gasteiger partial charge in [0.25, 0.3) is 0 Å². The summed E-state index contributed by atoms with van der Waals surface area (Å²) in [5, 5.41) is 6.22. The van der Waals surface area contributed by atoms with Gasteiger partial charge in [0.15, 0.2) is 0 Å². The van der Waals surface area contributed by atoms with Crippen LogP contribution in [-0.2, 0) is 14.8 Å². The first-order valence-corrected chi connectivity index (χ1v) is 15.5. The number of halogens is 4. The number of nitrogens with zero attached hydrogens (tertiary/aromatic N) is 3. The van der Waals surface area contributed by atoms with Crippen molar-refractivity contribution < 1.29 is 40.2 Å². The van der Waals surface area contributed by atoms with Crippen LogP contribution in [0.15, 0.2) is 30.5 Å². The third-order valence-corrected chi connectivity index (χ3v) is 7.97. The molecule has 16 heteroatoms. The van der Waals surface area contributed by atoms with Crippen molar-refractivity contribution in [3.63, 3.8) is 0 Å². The van der Waals surface area contributed by atoms with E-state index in [0.717, 1.165) is 37.8 Å². The summed E-state index contributed by atoms with van der Waals surface area (Å²) in [5.41, 5.74) is 0.245. The normalized spacial score (nSPS) is 17.6. The molecule has 1 aliphatic rings. The standard InChI is InChI=1S/C28H34F4N6O5S/c1-27(2,3)43-26(39)35-18-8-6-17(7-9-18)34-25-33-15-22-24(37-25)23(42-4)14-21(36-22)16-5-10-20(19(29)13-16)38-44(40,41)12-11-28(30,31)32/h5,10,13-15,17-18,38H,6-9,11-12H2,1-4H3,(H,35,39)(H,33,34,37)/t17-,18-. The highest BCUT2D eigenvalue weighted by molar-refractivity contribution is 7.92. The highest BCUT2D eigenvalue weighted by atomic mass is 32.2. The van der Waals surface area contributed by atoms with E-state index >= 15 is 0 Å². The quantitative estimate of drug-likeness (QED) is 0.247. The molecule has 0 bridgehead atoms. The van der Waals surface area contributed by atoms with Crippen LogP contribution < -0.4 is 20.1 Å². The molecule has 1 amide bonds. The molecule has 44 heavy (non-hydrogen) atoms. The first kappa shape index (κ1) is 33.0. The maximum atomic E-state index is 14.8. The summed E-state index contributed by atoms with van der Waals surface area (Å²) >= 11 is 0. The van der Waals surface area contributed by atoms with E-state index in [9.17, 15) is 30.8 Å². The molecule has 0 saturated heterocycles. The predicted molar refractivity (Wildman–Crippen MR) is 156 cm³/mol. The smallest absolute Gasteiger partial charge is 0.407 e. The van der Waals surface area contributed by atoms with E-state index in [1.807, 2.05) is 25.5 Å². The lowest BCUT2D eigenvalue weighted by Gasteiger charge is -2.30. The number of methoxy groups -OCH3 is 1. The minimum Gasteiger partial charge on any atom is -0.494 e. The molecule has 4 rings (SSSR count). The first-order valence-electron chi connectivity index (χ1n) is 13.9. The van der Waals surface area contributed by atoms with Crippen molar-refractivity contribution in [2.24, 2.45) is 0 Å². The molecule has 0 radical (unpaired) electrons. The lowest BCUT2D eigenvalue weighted by Crippen LogP contribution is -2.42. The van der Waals surface area contributed by atoms with E-state index in [2.05, 4.69) is 25.6 Å². The number of hydrogen-bond donors (Lipinski definition) is 3. The van der Waals surface area contributed by atoms with Crippen LogP contribution in [0, 0.1) is 5.82 Å². The average molecular weight is 643 g/mol. The zero-order valence-corrected chi connectivity index (χ0v) is 25.4. The molecule has 1 fully saturated rings. The van der Waals surface area contributed by atoms with E-state index in [1.165, 1.54) is 25.4 Å². The summed E-state index contributed by atoms with van der Waals surface area (Å²) in [4.78, 5) is 25.5. The van der Waals surface area contributed by atoms with Gasteiger partial charge in [0.05, 0.1) is 36.9 Å². The van der Waals surface area contributed by atoms with Gasteiger partial charge in [-0.1, -0.05) is 6.07 Å². The second-order valence-corrected chi connectivity index (χ2v) is 13.3. The monoisotopic (exact) mass is 642 g/mol. The Morgan fingerprint density at radius 3 is 2.34 bits per heavy atom. The number of carbonyl (C=O) groups is 1. The van der Waals surface area contributed by atoms with E-state index in [0.29, 0.717) is 22.7 Å². The molecule has 0 spiro atoms. The first-order chi connectivity index (χ1) is 20.5. The highest BCUT2D eigenvalue weighted by Crippen LogP contribution is 2.32. The summed E-state index contributed by atoms with van der Waals surface area (Å²) in [7, 11) is -2.99. The van der Waals surface area contributed by atoms with Crippen molar-refractivity contribution in [3.8, 4) is 17.0 Å². The van der Waals surface area contributed by atoms with E-state index < -0.39 is 51.6 Å². The van der Waals surface area contributed by atoms with Crippen LogP contribution >= 0.6 is 0 Å². The number of ether oxygens (including phenoxy) is 2. The Labute approximate surface area is 252 Å². The van der Waals surface area contributed by atoms with Gasteiger partial charge in [-0.3, -0.25) is 4.72 Å². The number of nitrogens with one attached hydrogen (secondary N) is 3. The third-order valence-electron chi connectivity index (χ3n) is 6.70. The van der Waals surface area contributed by atoms with Gasteiger partial charge in [-0.15, -0.1) is 0 Å². The SMILES string of the molecule is COc1cc(-c2ccc(NS(=O)(=O)CCC(F)(F)F)c(F)c2)nc2cnc(N[C@H]3CC[C@H](NC(=O)OC(C)(C)C)CC3)nc12. The van der Waals surface area contributed by atoms with E-state index in [4.69, 9.17) is 9.47 Å². The fourth-order valence-electron chi connectivity index (χ4n) is 4.63. The Morgan fingerprint density at radius 1 is 1.05 bits per heavy atom. The van der Waals surface area contributed by atoms with Gasteiger partial charge < -0.3 is 20.1 Å². The van der Waals surface area contributed by atoms with Crippen molar-refractivity contribution in [1.82, 2.24) is 20.3 Å². The van der Waals surface area contributed by atoms with Crippen molar-refractivity contribution in [1.29, 1.82) is 0 Å². The van der Waals surface area contributed by atoms with Gasteiger partial charge in [0.2, 0.25) is 16.0 Å². The van der Waals surface area contributed by atoms with Crippen molar-refractivity contribution in [2.75, 3.05) is 22.9 Å². The lowest BCUT2D eigenvalue weighted by atomic mass is 9.91. The van der Waals surface area contributed by atoms with Gasteiger partial charge in [-0.05, 0) is 58.6 Å².